The Labute approximate surface area is 146 Å². The Balaban J connectivity index is 0.000000377. The average Bonchev–Trinajstić information content (AvgIpc) is 3.23. The first kappa shape index (κ1) is 18.6. The van der Waals surface area contributed by atoms with E-state index in [9.17, 15) is 9.90 Å². The smallest absolute Gasteiger partial charge is 0.335 e. The zero-order valence-corrected chi connectivity index (χ0v) is 13.5. The molecule has 0 aliphatic heterocycles. The van der Waals surface area contributed by atoms with E-state index >= 15 is 0 Å². The van der Waals surface area contributed by atoms with Gasteiger partial charge in [0.25, 0.3) is 0 Å². The van der Waals surface area contributed by atoms with Crippen LogP contribution in [0.1, 0.15) is 15.9 Å². The van der Waals surface area contributed by atoms with E-state index in [1.807, 2.05) is 42.5 Å². The summed E-state index contributed by atoms with van der Waals surface area (Å²) in [5, 5.41) is 18.9. The first-order chi connectivity index (χ1) is 10.7. The van der Waals surface area contributed by atoms with Crippen molar-refractivity contribution in [2.24, 2.45) is 0 Å². The van der Waals surface area contributed by atoms with Gasteiger partial charge in [-0.25, -0.2) is 16.9 Å². The molecule has 23 heavy (non-hydrogen) atoms. The van der Waals surface area contributed by atoms with Crippen molar-refractivity contribution in [2.45, 2.75) is 6.42 Å². The molecule has 0 saturated heterocycles. The van der Waals surface area contributed by atoms with Crippen LogP contribution in [-0.4, -0.2) is 16.2 Å². The standard InChI is InChI=1S/C14H12O3.C5H5.Fe/c15-13(10-5-1-2-6-10)9-11-7-3-4-8-12(11)14(16)17;1-2-4-5-3-1;/h1-8,15H,9H2,(H,16,17);1-5H;/q;-1;. The fourth-order valence-electron chi connectivity index (χ4n) is 2.05. The number of aliphatic hydroxyl groups is 1. The van der Waals surface area contributed by atoms with E-state index in [1.54, 1.807) is 30.4 Å². The molecule has 1 aliphatic carbocycles. The first-order valence-corrected chi connectivity index (χ1v) is 6.93. The summed E-state index contributed by atoms with van der Waals surface area (Å²) in [5.74, 6) is -0.792. The van der Waals surface area contributed by atoms with E-state index in [0.717, 1.165) is 5.57 Å². The molecule has 2 aromatic carbocycles. The minimum atomic E-state index is -0.976. The molecule has 2 N–H and O–H groups in total. The molecule has 0 heterocycles. The molecule has 3 nitrogen and oxygen atoms in total. The Bertz CT molecular complexity index is 679. The van der Waals surface area contributed by atoms with Crippen molar-refractivity contribution in [1.82, 2.24) is 0 Å². The van der Waals surface area contributed by atoms with Gasteiger partial charge < -0.3 is 10.2 Å². The molecule has 0 fully saturated rings. The van der Waals surface area contributed by atoms with E-state index in [4.69, 9.17) is 5.11 Å². The third-order valence-electron chi connectivity index (χ3n) is 3.16. The molecule has 0 atom stereocenters. The van der Waals surface area contributed by atoms with Crippen LogP contribution in [-0.2, 0) is 23.5 Å². The average molecular weight is 349 g/mol. The van der Waals surface area contributed by atoms with E-state index in [2.05, 4.69) is 0 Å². The van der Waals surface area contributed by atoms with Crippen LogP contribution in [0.4, 0.5) is 0 Å². The Morgan fingerprint density at radius 3 is 2.09 bits per heavy atom. The predicted octanol–water partition coefficient (Wildman–Crippen LogP) is 4.27. The van der Waals surface area contributed by atoms with Crippen LogP contribution in [0.5, 0.6) is 0 Å². The van der Waals surface area contributed by atoms with Crippen molar-refractivity contribution in [3.63, 3.8) is 0 Å². The van der Waals surface area contributed by atoms with E-state index in [-0.39, 0.29) is 34.8 Å². The van der Waals surface area contributed by atoms with Gasteiger partial charge in [-0.15, -0.1) is 0 Å². The zero-order valence-electron chi connectivity index (χ0n) is 12.4. The van der Waals surface area contributed by atoms with E-state index < -0.39 is 5.97 Å². The number of aliphatic hydroxyl groups excluding tert-OH is 1. The van der Waals surface area contributed by atoms with E-state index in [1.165, 1.54) is 6.07 Å². The summed E-state index contributed by atoms with van der Waals surface area (Å²) in [7, 11) is 0. The van der Waals surface area contributed by atoms with Crippen LogP contribution in [0.3, 0.4) is 0 Å². The van der Waals surface area contributed by atoms with Crippen molar-refractivity contribution < 1.29 is 32.1 Å². The third-order valence-corrected chi connectivity index (χ3v) is 3.16. The van der Waals surface area contributed by atoms with Gasteiger partial charge in [-0.3, -0.25) is 0 Å². The summed E-state index contributed by atoms with van der Waals surface area (Å²) >= 11 is 0. The number of carboxylic acids is 1. The number of rotatable bonds is 3. The molecule has 0 saturated carbocycles. The van der Waals surface area contributed by atoms with Crippen molar-refractivity contribution in [1.29, 1.82) is 0 Å². The van der Waals surface area contributed by atoms with Gasteiger partial charge in [-0.05, 0) is 11.6 Å². The Kier molecular flexibility index (Phi) is 7.75. The Morgan fingerprint density at radius 1 is 0.957 bits per heavy atom. The van der Waals surface area contributed by atoms with Crippen LogP contribution in [0, 0.1) is 0 Å². The van der Waals surface area contributed by atoms with Crippen LogP contribution >= 0.6 is 0 Å². The molecule has 0 unspecified atom stereocenters. The van der Waals surface area contributed by atoms with Crippen LogP contribution in [0.25, 0.3) is 0 Å². The first-order valence-electron chi connectivity index (χ1n) is 6.93. The quantitative estimate of drug-likeness (QED) is 0.494. The summed E-state index contributed by atoms with van der Waals surface area (Å²) in [4.78, 5) is 11.0. The van der Waals surface area contributed by atoms with Crippen LogP contribution in [0.15, 0.2) is 90.2 Å². The number of hydrogen-bond donors (Lipinski definition) is 2. The molecule has 3 rings (SSSR count). The molecule has 0 radical (unpaired) electrons. The fraction of sp³-hybridized carbons (Fsp3) is 0.0526. The van der Waals surface area contributed by atoms with Gasteiger partial charge in [-0.2, -0.15) is 18.2 Å². The summed E-state index contributed by atoms with van der Waals surface area (Å²) < 4.78 is 0. The minimum Gasteiger partial charge on any atom is -0.511 e. The van der Waals surface area contributed by atoms with Gasteiger partial charge in [0.15, 0.2) is 0 Å². The van der Waals surface area contributed by atoms with Crippen molar-refractivity contribution >= 4 is 5.97 Å². The number of carbonyl (C=O) groups is 1. The minimum absolute atomic E-state index is 0. The maximum Gasteiger partial charge on any atom is 0.335 e. The molecule has 0 bridgehead atoms. The van der Waals surface area contributed by atoms with Gasteiger partial charge >= 0.3 is 5.97 Å². The van der Waals surface area contributed by atoms with Crippen molar-refractivity contribution in [3.05, 3.63) is 101 Å². The molecule has 0 aromatic heterocycles. The molecule has 120 valence electrons. The van der Waals surface area contributed by atoms with E-state index in [0.29, 0.717) is 5.56 Å². The topological polar surface area (TPSA) is 57.5 Å². The predicted molar refractivity (Wildman–Crippen MR) is 87.1 cm³/mol. The Morgan fingerprint density at radius 2 is 1.57 bits per heavy atom. The molecule has 1 aliphatic rings. The second kappa shape index (κ2) is 9.57. The third kappa shape index (κ3) is 5.70. The van der Waals surface area contributed by atoms with Crippen molar-refractivity contribution in [2.75, 3.05) is 0 Å². The molecule has 4 heteroatoms. The molecule has 0 spiro atoms. The summed E-state index contributed by atoms with van der Waals surface area (Å²) in [6.45, 7) is 0. The number of hydrogen-bond acceptors (Lipinski definition) is 2. The SMILES string of the molecule is O=C(O)c1ccccc1CC(O)=C1C=CC=C1.[Fe].c1cc[cH-]c1. The largest absolute Gasteiger partial charge is 0.511 e. The summed E-state index contributed by atoms with van der Waals surface area (Å²) in [6.07, 6.45) is 7.47. The molecule has 0 amide bonds. The monoisotopic (exact) mass is 349 g/mol. The maximum atomic E-state index is 11.0. The number of allylic oxidation sites excluding steroid dienone is 6. The second-order valence-corrected chi connectivity index (χ2v) is 4.72. The summed E-state index contributed by atoms with van der Waals surface area (Å²) in [5.41, 5.74) is 1.56. The number of benzene rings is 1. The van der Waals surface area contributed by atoms with Crippen molar-refractivity contribution in [3.8, 4) is 0 Å². The Hall–Kier alpha value is -2.42. The van der Waals surface area contributed by atoms with Gasteiger partial charge in [0, 0.05) is 29.1 Å². The maximum absolute atomic E-state index is 11.0. The molecular formula is C19H17FeO3-. The number of carboxylic acid groups (broad SMARTS) is 1. The zero-order chi connectivity index (χ0) is 15.8. The van der Waals surface area contributed by atoms with Gasteiger partial charge in [-0.1, -0.05) is 42.5 Å². The van der Waals surface area contributed by atoms with Gasteiger partial charge in [0.1, 0.15) is 5.76 Å². The van der Waals surface area contributed by atoms with Crippen LogP contribution in [0.2, 0.25) is 0 Å². The van der Waals surface area contributed by atoms with Crippen LogP contribution < -0.4 is 0 Å². The summed E-state index contributed by atoms with van der Waals surface area (Å²) in [6, 6.07) is 16.7. The molecule has 2 aromatic rings. The normalized spacial score (nSPS) is 11.4. The van der Waals surface area contributed by atoms with Gasteiger partial charge in [0.2, 0.25) is 0 Å². The molecular weight excluding hydrogens is 332 g/mol. The fourth-order valence-corrected chi connectivity index (χ4v) is 2.05. The van der Waals surface area contributed by atoms with Gasteiger partial charge in [0.05, 0.1) is 5.56 Å². The second-order valence-electron chi connectivity index (χ2n) is 4.72. The number of aromatic carboxylic acids is 1.